The van der Waals surface area contributed by atoms with E-state index < -0.39 is 24.3 Å². The predicted molar refractivity (Wildman–Crippen MR) is 225 cm³/mol. The van der Waals surface area contributed by atoms with Crippen LogP contribution in [0.15, 0.2) is 55.0 Å². The van der Waals surface area contributed by atoms with E-state index in [1.807, 2.05) is 11.0 Å². The highest BCUT2D eigenvalue weighted by Gasteiger charge is 2.35. The number of carbonyl (C=O) groups excluding carboxylic acids is 5. The van der Waals surface area contributed by atoms with Gasteiger partial charge in [-0.3, -0.25) is 43.6 Å². The lowest BCUT2D eigenvalue weighted by molar-refractivity contribution is -0.135. The lowest BCUT2D eigenvalue weighted by atomic mass is 9.92. The molecule has 0 saturated carbocycles. The van der Waals surface area contributed by atoms with Gasteiger partial charge in [-0.25, -0.2) is 8.78 Å². The van der Waals surface area contributed by atoms with Gasteiger partial charge in [0.05, 0.1) is 36.4 Å². The van der Waals surface area contributed by atoms with Crippen LogP contribution in [-0.4, -0.2) is 103 Å². The van der Waals surface area contributed by atoms with Crippen molar-refractivity contribution >= 4 is 57.6 Å². The van der Waals surface area contributed by atoms with Crippen molar-refractivity contribution in [3.05, 3.63) is 82.9 Å². The summed E-state index contributed by atoms with van der Waals surface area (Å²) >= 11 is 0. The number of fused-ring (bicyclic) bond motifs is 3. The number of piperidine rings is 2. The van der Waals surface area contributed by atoms with Gasteiger partial charge in [0.15, 0.2) is 5.82 Å². The van der Waals surface area contributed by atoms with E-state index in [1.54, 1.807) is 72.5 Å². The fraction of sp³-hybridized carbons (Fsp3) is 0.409. The molecule has 2 aromatic carbocycles. The number of hydrogen-bond acceptors (Lipinski definition) is 10. The zero-order chi connectivity index (χ0) is 43.2. The average molecular weight is 848 g/mol. The van der Waals surface area contributed by atoms with Gasteiger partial charge in [0.25, 0.3) is 12.3 Å². The van der Waals surface area contributed by atoms with E-state index in [4.69, 9.17) is 5.10 Å². The van der Waals surface area contributed by atoms with Crippen LogP contribution < -0.4 is 20.9 Å². The van der Waals surface area contributed by atoms with Crippen molar-refractivity contribution in [1.82, 2.24) is 45.0 Å². The first-order valence-corrected chi connectivity index (χ1v) is 21.0. The van der Waals surface area contributed by atoms with E-state index in [0.717, 1.165) is 29.7 Å². The third kappa shape index (κ3) is 7.73. The van der Waals surface area contributed by atoms with Crippen molar-refractivity contribution in [3.63, 3.8) is 0 Å². The number of hydrogen-bond donors (Lipinski definition) is 3. The molecular weight excluding hydrogens is 801 g/mol. The van der Waals surface area contributed by atoms with E-state index in [2.05, 4.69) is 35.6 Å². The van der Waals surface area contributed by atoms with Crippen LogP contribution in [0, 0.1) is 0 Å². The van der Waals surface area contributed by atoms with Crippen molar-refractivity contribution in [2.45, 2.75) is 76.9 Å². The van der Waals surface area contributed by atoms with Gasteiger partial charge in [-0.15, -0.1) is 0 Å². The van der Waals surface area contributed by atoms with E-state index >= 15 is 0 Å². The Labute approximate surface area is 355 Å². The average Bonchev–Trinajstić information content (AvgIpc) is 3.89. The number of likely N-dealkylation sites (tertiary alicyclic amines) is 1. The van der Waals surface area contributed by atoms with Gasteiger partial charge in [-0.2, -0.15) is 10.2 Å². The first-order valence-electron chi connectivity index (χ1n) is 21.0. The van der Waals surface area contributed by atoms with Crippen molar-refractivity contribution < 1.29 is 32.8 Å². The van der Waals surface area contributed by atoms with E-state index in [0.29, 0.717) is 91.2 Å². The molecule has 2 saturated heterocycles. The number of nitrogens with one attached hydrogen (secondary N) is 3. The number of amides is 5. The number of pyridine rings is 1. The molecule has 0 spiro atoms. The monoisotopic (exact) mass is 847 g/mol. The molecule has 3 N–H and O–H groups in total. The van der Waals surface area contributed by atoms with Crippen molar-refractivity contribution in [2.75, 3.05) is 42.9 Å². The number of rotatable bonds is 9. The van der Waals surface area contributed by atoms with Crippen LogP contribution in [0.5, 0.6) is 0 Å². The molecule has 7 heterocycles. The fourth-order valence-electron chi connectivity index (χ4n) is 9.30. The Balaban J connectivity index is 0.909. The molecule has 4 aliphatic rings. The molecule has 4 aliphatic heterocycles. The summed E-state index contributed by atoms with van der Waals surface area (Å²) in [6.45, 7) is 4.08. The lowest BCUT2D eigenvalue weighted by Gasteiger charge is -2.34. The second-order valence-electron chi connectivity index (χ2n) is 16.4. The molecule has 18 heteroatoms. The Morgan fingerprint density at radius 1 is 0.984 bits per heavy atom. The number of halogens is 2. The normalized spacial score (nSPS) is 18.1. The SMILES string of the molecule is CC(=O)N1CCc2c(c(N3CCCc4cc(-c5cnn(C)c5)c(C(F)F)cc43)nn2C2CCN(C(=O)CNc3ccc(C(=O)NC4CCC(=O)NC4=O)c4ncccc34)CC2)C1. The predicted octanol–water partition coefficient (Wildman–Crippen LogP) is 4.57. The third-order valence-corrected chi connectivity index (χ3v) is 12.5. The van der Waals surface area contributed by atoms with E-state index in [1.165, 1.54) is 0 Å². The molecule has 16 nitrogen and oxygen atoms in total. The molecule has 62 heavy (non-hydrogen) atoms. The van der Waals surface area contributed by atoms with Crippen molar-refractivity contribution in [3.8, 4) is 11.1 Å². The zero-order valence-corrected chi connectivity index (χ0v) is 34.5. The van der Waals surface area contributed by atoms with Gasteiger partial charge in [0.2, 0.25) is 23.6 Å². The minimum absolute atomic E-state index is 0.0101. The van der Waals surface area contributed by atoms with Gasteiger partial charge in [-0.1, -0.05) is 0 Å². The van der Waals surface area contributed by atoms with Gasteiger partial charge in [-0.05, 0) is 79.6 Å². The van der Waals surface area contributed by atoms with Gasteiger partial charge >= 0.3 is 0 Å². The highest BCUT2D eigenvalue weighted by Crippen LogP contribution is 2.44. The molecule has 9 rings (SSSR count). The van der Waals surface area contributed by atoms with Gasteiger partial charge < -0.3 is 25.3 Å². The number of carbonyl (C=O) groups is 5. The van der Waals surface area contributed by atoms with Gasteiger partial charge in [0.1, 0.15) is 6.04 Å². The van der Waals surface area contributed by atoms with Crippen molar-refractivity contribution in [1.29, 1.82) is 0 Å². The summed E-state index contributed by atoms with van der Waals surface area (Å²) in [5.41, 5.74) is 5.95. The summed E-state index contributed by atoms with van der Waals surface area (Å²) in [6.07, 6.45) is 6.00. The first kappa shape index (κ1) is 40.7. The summed E-state index contributed by atoms with van der Waals surface area (Å²) in [5, 5.41) is 18.3. The number of anilines is 3. The summed E-state index contributed by atoms with van der Waals surface area (Å²) in [7, 11) is 1.76. The van der Waals surface area contributed by atoms with Crippen LogP contribution in [0.4, 0.5) is 26.0 Å². The molecule has 1 atom stereocenters. The summed E-state index contributed by atoms with van der Waals surface area (Å²) < 4.78 is 33.1. The maximum Gasteiger partial charge on any atom is 0.264 e. The van der Waals surface area contributed by atoms with Crippen LogP contribution in [0.25, 0.3) is 22.0 Å². The summed E-state index contributed by atoms with van der Waals surface area (Å²) in [6, 6.07) is 9.48. The first-order chi connectivity index (χ1) is 29.9. The standard InChI is InChI=1S/C44H47F2N11O5/c1-25(58)55-18-13-36-33(24-55)42(56-15-4-5-26-19-31(27-21-49-53(2)23-27)32(41(45)46)20-37(26)56)52-57(36)28-11-16-54(17-12-28)39(60)22-48-34-8-7-30(40-29(34)6-3-14-47-40)43(61)50-35-9-10-38(59)51-44(35)62/h3,6-8,14,19-21,23,28,35,41,48H,4-5,9-13,15-18,22,24H2,1-2H3,(H,50,61)(H,51,59,62). The molecule has 0 radical (unpaired) electrons. The number of nitrogens with zero attached hydrogens (tertiary/aromatic N) is 8. The number of benzene rings is 2. The molecule has 0 aliphatic carbocycles. The number of alkyl halides is 2. The Bertz CT molecular complexity index is 2620. The van der Waals surface area contributed by atoms with Crippen LogP contribution in [0.1, 0.15) is 84.2 Å². The largest absolute Gasteiger partial charge is 0.376 e. The second kappa shape index (κ2) is 16.6. The fourth-order valence-corrected chi connectivity index (χ4v) is 9.30. The summed E-state index contributed by atoms with van der Waals surface area (Å²) in [5.74, 6) is -0.855. The number of imide groups is 1. The van der Waals surface area contributed by atoms with Crippen LogP contribution >= 0.6 is 0 Å². The highest BCUT2D eigenvalue weighted by molar-refractivity contribution is 6.10. The molecule has 322 valence electrons. The molecule has 1 unspecified atom stereocenters. The van der Waals surface area contributed by atoms with Gasteiger partial charge in [0, 0.05) is 105 Å². The highest BCUT2D eigenvalue weighted by atomic mass is 19.3. The topological polar surface area (TPSA) is 180 Å². The molecule has 5 aromatic rings. The number of aryl methyl sites for hydroxylation is 2. The Morgan fingerprint density at radius 3 is 2.55 bits per heavy atom. The molecular formula is C44H47F2N11O5. The van der Waals surface area contributed by atoms with Crippen LogP contribution in [0.3, 0.4) is 0 Å². The second-order valence-corrected chi connectivity index (χ2v) is 16.4. The Hall–Kier alpha value is -6.72. The quantitative estimate of drug-likeness (QED) is 0.178. The summed E-state index contributed by atoms with van der Waals surface area (Å²) in [4.78, 5) is 73.5. The van der Waals surface area contributed by atoms with E-state index in [-0.39, 0.29) is 54.3 Å². The lowest BCUT2D eigenvalue weighted by Crippen LogP contribution is -2.52. The maximum absolute atomic E-state index is 14.7. The van der Waals surface area contributed by atoms with Crippen LogP contribution in [0.2, 0.25) is 0 Å². The molecule has 2 fully saturated rings. The smallest absolute Gasteiger partial charge is 0.264 e. The number of aromatic nitrogens is 5. The third-order valence-electron chi connectivity index (χ3n) is 12.5. The zero-order valence-electron chi connectivity index (χ0n) is 34.5. The molecule has 3 aromatic heterocycles. The Kier molecular flexibility index (Phi) is 10.9. The molecule has 5 amide bonds. The van der Waals surface area contributed by atoms with Crippen molar-refractivity contribution in [2.24, 2.45) is 7.05 Å². The minimum atomic E-state index is -2.70. The Morgan fingerprint density at radius 2 is 1.81 bits per heavy atom. The molecule has 0 bridgehead atoms. The minimum Gasteiger partial charge on any atom is -0.376 e. The maximum atomic E-state index is 14.7. The van der Waals surface area contributed by atoms with Crippen LogP contribution in [-0.2, 0) is 45.6 Å². The van der Waals surface area contributed by atoms with E-state index in [9.17, 15) is 32.8 Å².